The van der Waals surface area contributed by atoms with Crippen LogP contribution in [0.1, 0.15) is 35.2 Å². The quantitative estimate of drug-likeness (QED) is 0.286. The summed E-state index contributed by atoms with van der Waals surface area (Å²) in [5.41, 5.74) is 4.89. The van der Waals surface area contributed by atoms with Crippen LogP contribution in [0.4, 0.5) is 16.0 Å². The minimum absolute atomic E-state index is 0.0790. The maximum atomic E-state index is 14.2. The Morgan fingerprint density at radius 3 is 2.69 bits per heavy atom. The first kappa shape index (κ1) is 26.2. The zero-order valence-electron chi connectivity index (χ0n) is 21.9. The van der Waals surface area contributed by atoms with Crippen molar-refractivity contribution in [2.45, 2.75) is 33.4 Å². The molecule has 0 saturated heterocycles. The Labute approximate surface area is 230 Å². The fourth-order valence-electron chi connectivity index (χ4n) is 4.63. The number of rotatable bonds is 7. The van der Waals surface area contributed by atoms with Crippen molar-refractivity contribution in [1.29, 1.82) is 0 Å². The predicted octanol–water partition coefficient (Wildman–Crippen LogP) is 6.20. The van der Waals surface area contributed by atoms with Crippen LogP contribution in [-0.2, 0) is 11.4 Å². The minimum atomic E-state index is -0.599. The molecule has 1 aliphatic rings. The number of halogens is 2. The molecule has 2 heterocycles. The smallest absolute Gasteiger partial charge is 0.255 e. The number of amides is 1. The van der Waals surface area contributed by atoms with Gasteiger partial charge in [-0.25, -0.2) is 9.07 Å². The number of anilines is 2. The van der Waals surface area contributed by atoms with Crippen LogP contribution >= 0.6 is 11.6 Å². The molecule has 0 bridgehead atoms. The monoisotopic (exact) mass is 547 g/mol. The molecule has 1 atom stereocenters. The van der Waals surface area contributed by atoms with E-state index in [1.807, 2.05) is 45.0 Å². The lowest BCUT2D eigenvalue weighted by molar-refractivity contribution is -0.113. The van der Waals surface area contributed by atoms with E-state index in [9.17, 15) is 9.18 Å². The second kappa shape index (κ2) is 10.8. The summed E-state index contributed by atoms with van der Waals surface area (Å²) in [5, 5.41) is 10.9. The Morgan fingerprint density at radius 2 is 1.95 bits per heavy atom. The van der Waals surface area contributed by atoms with Gasteiger partial charge in [0.05, 0.1) is 17.7 Å². The van der Waals surface area contributed by atoms with Gasteiger partial charge in [0.2, 0.25) is 5.95 Å². The molecule has 1 amide bonds. The van der Waals surface area contributed by atoms with Gasteiger partial charge in [0.1, 0.15) is 24.8 Å². The zero-order chi connectivity index (χ0) is 27.7. The molecule has 39 heavy (non-hydrogen) atoms. The van der Waals surface area contributed by atoms with Gasteiger partial charge in [0.25, 0.3) is 5.91 Å². The van der Waals surface area contributed by atoms with Gasteiger partial charge in [-0.1, -0.05) is 41.4 Å². The van der Waals surface area contributed by atoms with Crippen LogP contribution < -0.4 is 20.1 Å². The van der Waals surface area contributed by atoms with Crippen molar-refractivity contribution < 1.29 is 18.7 Å². The van der Waals surface area contributed by atoms with Crippen molar-refractivity contribution in [2.75, 3.05) is 17.7 Å². The molecule has 0 fully saturated rings. The van der Waals surface area contributed by atoms with Crippen molar-refractivity contribution in [3.8, 4) is 11.5 Å². The Morgan fingerprint density at radius 1 is 1.13 bits per heavy atom. The summed E-state index contributed by atoms with van der Waals surface area (Å²) < 4.78 is 27.4. The highest BCUT2D eigenvalue weighted by atomic mass is 35.5. The Hall–Kier alpha value is -4.37. The molecule has 0 aliphatic carbocycles. The number of ether oxygens (including phenoxy) is 2. The lowest BCUT2D eigenvalue weighted by Crippen LogP contribution is -2.31. The molecule has 4 aromatic rings. The van der Waals surface area contributed by atoms with Gasteiger partial charge in [0, 0.05) is 16.9 Å². The first-order valence-corrected chi connectivity index (χ1v) is 12.6. The second-order valence-electron chi connectivity index (χ2n) is 9.27. The van der Waals surface area contributed by atoms with E-state index in [2.05, 4.69) is 20.7 Å². The average Bonchev–Trinajstić information content (AvgIpc) is 3.37. The van der Waals surface area contributed by atoms with E-state index in [0.29, 0.717) is 28.7 Å². The van der Waals surface area contributed by atoms with E-state index >= 15 is 0 Å². The summed E-state index contributed by atoms with van der Waals surface area (Å²) >= 11 is 6.15. The first-order chi connectivity index (χ1) is 18.8. The number of fused-ring (bicyclic) bond motifs is 1. The van der Waals surface area contributed by atoms with Crippen LogP contribution in [0.5, 0.6) is 11.5 Å². The van der Waals surface area contributed by atoms with Crippen LogP contribution in [0.25, 0.3) is 0 Å². The highest BCUT2D eigenvalue weighted by molar-refractivity contribution is 6.31. The Bertz CT molecular complexity index is 1580. The van der Waals surface area contributed by atoms with E-state index in [0.717, 1.165) is 22.4 Å². The van der Waals surface area contributed by atoms with Gasteiger partial charge in [0.15, 0.2) is 11.5 Å². The number of benzene rings is 3. The Kier molecular flexibility index (Phi) is 7.26. The standard InChI is InChI=1S/C29H27ClFN5O3/c1-16-8-10-23(17(2)12-16)35-28(37)26-18(3)34-29-32-15-33-36(29)27(26)19-9-11-24(25(13-19)38-4)39-14-20-21(30)6-5-7-22(20)31/h5-13,15,27H,14H2,1-4H3,(H,35,37)(H,32,33,34)/t27-/m1/s1. The number of allylic oxidation sites excluding steroid dienone is 1. The van der Waals surface area contributed by atoms with Crippen LogP contribution in [0, 0.1) is 19.7 Å². The van der Waals surface area contributed by atoms with E-state index in [1.165, 1.54) is 25.6 Å². The highest BCUT2D eigenvalue weighted by Gasteiger charge is 2.34. The number of carbonyl (C=O) groups excluding carboxylic acids is 1. The molecule has 0 unspecified atom stereocenters. The van der Waals surface area contributed by atoms with Crippen LogP contribution in [0.15, 0.2) is 72.2 Å². The lowest BCUT2D eigenvalue weighted by Gasteiger charge is -2.29. The fraction of sp³-hybridized carbons (Fsp3) is 0.207. The minimum Gasteiger partial charge on any atom is -0.493 e. The van der Waals surface area contributed by atoms with E-state index in [4.69, 9.17) is 21.1 Å². The molecule has 200 valence electrons. The molecular weight excluding hydrogens is 521 g/mol. The second-order valence-corrected chi connectivity index (χ2v) is 9.67. The van der Waals surface area contributed by atoms with Gasteiger partial charge in [-0.3, -0.25) is 4.79 Å². The van der Waals surface area contributed by atoms with Gasteiger partial charge >= 0.3 is 0 Å². The van der Waals surface area contributed by atoms with Gasteiger partial charge in [-0.2, -0.15) is 10.1 Å². The molecule has 8 nitrogen and oxygen atoms in total. The highest BCUT2D eigenvalue weighted by Crippen LogP contribution is 2.39. The number of hydrogen-bond donors (Lipinski definition) is 2. The van der Waals surface area contributed by atoms with Crippen molar-refractivity contribution in [2.24, 2.45) is 0 Å². The number of hydrogen-bond acceptors (Lipinski definition) is 6. The summed E-state index contributed by atoms with van der Waals surface area (Å²) in [6.07, 6.45) is 1.43. The lowest BCUT2D eigenvalue weighted by atomic mass is 9.94. The summed E-state index contributed by atoms with van der Waals surface area (Å²) in [5.74, 6) is 0.592. The summed E-state index contributed by atoms with van der Waals surface area (Å²) in [6.45, 7) is 5.71. The molecular formula is C29H27ClFN5O3. The normalized spacial score (nSPS) is 14.5. The van der Waals surface area contributed by atoms with Crippen molar-refractivity contribution >= 4 is 29.1 Å². The molecule has 10 heteroatoms. The van der Waals surface area contributed by atoms with Crippen molar-refractivity contribution in [3.63, 3.8) is 0 Å². The number of aromatic nitrogens is 3. The van der Waals surface area contributed by atoms with Crippen LogP contribution in [-0.4, -0.2) is 27.8 Å². The maximum absolute atomic E-state index is 14.2. The first-order valence-electron chi connectivity index (χ1n) is 12.3. The average molecular weight is 548 g/mol. The van der Waals surface area contributed by atoms with Crippen LogP contribution in [0.2, 0.25) is 5.02 Å². The third-order valence-corrected chi connectivity index (χ3v) is 6.96. The van der Waals surface area contributed by atoms with Crippen LogP contribution in [0.3, 0.4) is 0 Å². The number of nitrogens with zero attached hydrogens (tertiary/aromatic N) is 3. The third-order valence-electron chi connectivity index (χ3n) is 6.61. The maximum Gasteiger partial charge on any atom is 0.255 e. The third kappa shape index (κ3) is 5.18. The molecule has 1 aliphatic heterocycles. The largest absolute Gasteiger partial charge is 0.493 e. The summed E-state index contributed by atoms with van der Waals surface area (Å²) in [4.78, 5) is 18.0. The Balaban J connectivity index is 1.49. The van der Waals surface area contributed by atoms with E-state index in [-0.39, 0.29) is 23.1 Å². The molecule has 0 radical (unpaired) electrons. The van der Waals surface area contributed by atoms with Crippen molar-refractivity contribution in [3.05, 3.63) is 105 Å². The molecule has 3 aromatic carbocycles. The topological polar surface area (TPSA) is 90.3 Å². The van der Waals surface area contributed by atoms with E-state index < -0.39 is 11.9 Å². The van der Waals surface area contributed by atoms with Gasteiger partial charge in [-0.15, -0.1) is 0 Å². The van der Waals surface area contributed by atoms with Gasteiger partial charge in [-0.05, 0) is 62.2 Å². The molecule has 2 N–H and O–H groups in total. The molecule has 0 saturated carbocycles. The zero-order valence-corrected chi connectivity index (χ0v) is 22.6. The molecule has 1 aromatic heterocycles. The summed E-state index contributed by atoms with van der Waals surface area (Å²) in [6, 6.07) is 15.0. The SMILES string of the molecule is COc1cc([C@@H]2C(C(=O)Nc3ccc(C)cc3C)=C(C)Nc3ncnn32)ccc1OCc1c(F)cccc1Cl. The number of methoxy groups -OCH3 is 1. The number of aryl methyl sites for hydroxylation is 2. The molecule has 5 rings (SSSR count). The summed E-state index contributed by atoms with van der Waals surface area (Å²) in [7, 11) is 1.51. The fourth-order valence-corrected chi connectivity index (χ4v) is 4.85. The number of carbonyl (C=O) groups is 1. The number of nitrogens with one attached hydrogen (secondary N) is 2. The van der Waals surface area contributed by atoms with Gasteiger partial charge < -0.3 is 20.1 Å². The van der Waals surface area contributed by atoms with Crippen molar-refractivity contribution in [1.82, 2.24) is 14.8 Å². The van der Waals surface area contributed by atoms with E-state index in [1.54, 1.807) is 22.9 Å². The molecule has 0 spiro atoms. The predicted molar refractivity (Wildman–Crippen MR) is 148 cm³/mol.